The van der Waals surface area contributed by atoms with E-state index in [4.69, 9.17) is 10.5 Å². The molecule has 0 bridgehead atoms. The standard InChI is InChI=1S/C19H32N4O.HI/c1-13-7-14(2)9-17(8-13)22-18(20)21-12-19(5,6)23-10-15(3)24-16(4)11-23;/h7-9,15-16H,10-12H2,1-6H3,(H3,20,21,22);1H. The number of nitrogens with zero attached hydrogens (tertiary/aromatic N) is 2. The van der Waals surface area contributed by atoms with Gasteiger partial charge in [0.1, 0.15) is 0 Å². The second-order valence-corrected chi connectivity index (χ2v) is 7.68. The summed E-state index contributed by atoms with van der Waals surface area (Å²) in [6, 6.07) is 6.29. The summed E-state index contributed by atoms with van der Waals surface area (Å²) in [6.07, 6.45) is 0.505. The van der Waals surface area contributed by atoms with Gasteiger partial charge in [0.2, 0.25) is 0 Å². The zero-order valence-corrected chi connectivity index (χ0v) is 18.6. The predicted molar refractivity (Wildman–Crippen MR) is 117 cm³/mol. The average Bonchev–Trinajstić information content (AvgIpc) is 2.43. The minimum absolute atomic E-state index is 0. The minimum Gasteiger partial charge on any atom is -0.373 e. The molecule has 3 N–H and O–H groups in total. The Balaban J connectivity index is 0.00000312. The van der Waals surface area contributed by atoms with Gasteiger partial charge in [0.15, 0.2) is 5.96 Å². The second kappa shape index (κ2) is 9.19. The molecule has 1 aromatic rings. The molecule has 1 aliphatic rings. The molecular weight excluding hydrogens is 427 g/mol. The predicted octanol–water partition coefficient (Wildman–Crippen LogP) is 3.54. The molecule has 2 unspecified atom stereocenters. The zero-order chi connectivity index (χ0) is 17.9. The van der Waals surface area contributed by atoms with Gasteiger partial charge in [-0.25, -0.2) is 0 Å². The summed E-state index contributed by atoms with van der Waals surface area (Å²) >= 11 is 0. The monoisotopic (exact) mass is 460 g/mol. The van der Waals surface area contributed by atoms with Gasteiger partial charge in [-0.3, -0.25) is 9.89 Å². The lowest BCUT2D eigenvalue weighted by molar-refractivity contribution is -0.0939. The Bertz CT molecular complexity index is 573. The third-order valence-corrected chi connectivity index (χ3v) is 4.41. The van der Waals surface area contributed by atoms with Crippen LogP contribution < -0.4 is 11.1 Å². The highest BCUT2D eigenvalue weighted by Gasteiger charge is 2.33. The number of nitrogens with two attached hydrogens (primary N) is 1. The molecule has 0 saturated carbocycles. The number of ether oxygens (including phenoxy) is 1. The Hall–Kier alpha value is -0.860. The number of aryl methyl sites for hydroxylation is 2. The van der Waals surface area contributed by atoms with Crippen molar-refractivity contribution in [2.24, 2.45) is 10.7 Å². The minimum atomic E-state index is -0.0544. The molecule has 0 spiro atoms. The molecule has 5 nitrogen and oxygen atoms in total. The first-order chi connectivity index (χ1) is 11.2. The largest absolute Gasteiger partial charge is 0.373 e. The number of hydrogen-bond acceptors (Lipinski definition) is 3. The van der Waals surface area contributed by atoms with Gasteiger partial charge in [0.05, 0.1) is 18.8 Å². The summed E-state index contributed by atoms with van der Waals surface area (Å²) in [4.78, 5) is 7.02. The van der Waals surface area contributed by atoms with Crippen molar-refractivity contribution in [2.45, 2.75) is 59.3 Å². The number of anilines is 1. The quantitative estimate of drug-likeness (QED) is 0.410. The number of morpholine rings is 1. The van der Waals surface area contributed by atoms with Crippen LogP contribution in [0.25, 0.3) is 0 Å². The Morgan fingerprint density at radius 3 is 2.24 bits per heavy atom. The van der Waals surface area contributed by atoms with Gasteiger partial charge < -0.3 is 15.8 Å². The van der Waals surface area contributed by atoms with Crippen LogP contribution in [-0.2, 0) is 4.74 Å². The van der Waals surface area contributed by atoms with E-state index in [1.54, 1.807) is 0 Å². The number of benzene rings is 1. The Kier molecular flexibility index (Phi) is 8.15. The van der Waals surface area contributed by atoms with Crippen molar-refractivity contribution in [3.8, 4) is 0 Å². The summed E-state index contributed by atoms with van der Waals surface area (Å²) < 4.78 is 5.82. The second-order valence-electron chi connectivity index (χ2n) is 7.68. The summed E-state index contributed by atoms with van der Waals surface area (Å²) in [5.41, 5.74) is 9.44. The van der Waals surface area contributed by atoms with Gasteiger partial charge >= 0.3 is 0 Å². The number of aliphatic imine (C=N–C) groups is 1. The van der Waals surface area contributed by atoms with E-state index in [9.17, 15) is 0 Å². The van der Waals surface area contributed by atoms with Gasteiger partial charge in [0.25, 0.3) is 0 Å². The summed E-state index contributed by atoms with van der Waals surface area (Å²) in [7, 11) is 0. The van der Waals surface area contributed by atoms with Crippen molar-refractivity contribution >= 4 is 35.6 Å². The molecule has 1 aromatic carbocycles. The summed E-state index contributed by atoms with van der Waals surface area (Å²) in [6.45, 7) is 15.3. The van der Waals surface area contributed by atoms with Crippen LogP contribution in [0.4, 0.5) is 5.69 Å². The first-order valence-corrected chi connectivity index (χ1v) is 8.71. The van der Waals surface area contributed by atoms with E-state index in [1.807, 2.05) is 0 Å². The third-order valence-electron chi connectivity index (χ3n) is 4.41. The maximum absolute atomic E-state index is 6.09. The fourth-order valence-electron chi connectivity index (χ4n) is 3.29. The molecule has 0 aliphatic carbocycles. The first-order valence-electron chi connectivity index (χ1n) is 8.71. The number of nitrogens with one attached hydrogen (secondary N) is 1. The van der Waals surface area contributed by atoms with Crippen molar-refractivity contribution in [2.75, 3.05) is 25.0 Å². The summed E-state index contributed by atoms with van der Waals surface area (Å²) in [5.74, 6) is 0.461. The van der Waals surface area contributed by atoms with E-state index in [-0.39, 0.29) is 41.7 Å². The van der Waals surface area contributed by atoms with Crippen LogP contribution in [0.1, 0.15) is 38.8 Å². The van der Waals surface area contributed by atoms with E-state index in [2.05, 4.69) is 75.0 Å². The lowest BCUT2D eigenvalue weighted by Gasteiger charge is -2.44. The van der Waals surface area contributed by atoms with Crippen molar-refractivity contribution in [1.29, 1.82) is 0 Å². The fraction of sp³-hybridized carbons (Fsp3) is 0.632. The van der Waals surface area contributed by atoms with Crippen molar-refractivity contribution < 1.29 is 4.74 Å². The highest BCUT2D eigenvalue weighted by Crippen LogP contribution is 2.21. The van der Waals surface area contributed by atoms with Crippen LogP contribution in [0.3, 0.4) is 0 Å². The molecule has 0 amide bonds. The van der Waals surface area contributed by atoms with Crippen molar-refractivity contribution in [3.63, 3.8) is 0 Å². The average molecular weight is 460 g/mol. The smallest absolute Gasteiger partial charge is 0.193 e. The normalized spacial score (nSPS) is 22.4. The molecule has 6 heteroatoms. The van der Waals surface area contributed by atoms with E-state index in [0.29, 0.717) is 12.5 Å². The van der Waals surface area contributed by atoms with E-state index in [0.717, 1.165) is 18.8 Å². The Morgan fingerprint density at radius 1 is 1.20 bits per heavy atom. The van der Waals surface area contributed by atoms with Crippen LogP contribution in [0.2, 0.25) is 0 Å². The Labute approximate surface area is 169 Å². The van der Waals surface area contributed by atoms with E-state index >= 15 is 0 Å². The van der Waals surface area contributed by atoms with Crippen LogP contribution in [-0.4, -0.2) is 48.2 Å². The number of halogens is 1. The molecule has 25 heavy (non-hydrogen) atoms. The van der Waals surface area contributed by atoms with E-state index < -0.39 is 0 Å². The van der Waals surface area contributed by atoms with Gasteiger partial charge in [-0.1, -0.05) is 6.07 Å². The molecule has 1 aliphatic heterocycles. The molecule has 1 fully saturated rings. The van der Waals surface area contributed by atoms with Crippen molar-refractivity contribution in [3.05, 3.63) is 29.3 Å². The van der Waals surface area contributed by atoms with Gasteiger partial charge in [-0.05, 0) is 64.8 Å². The summed E-state index contributed by atoms with van der Waals surface area (Å²) in [5, 5.41) is 3.20. The van der Waals surface area contributed by atoms with Gasteiger partial charge in [0, 0.05) is 24.3 Å². The molecule has 0 radical (unpaired) electrons. The molecule has 2 rings (SSSR count). The van der Waals surface area contributed by atoms with E-state index in [1.165, 1.54) is 11.1 Å². The molecule has 0 aromatic heterocycles. The maximum Gasteiger partial charge on any atom is 0.193 e. The molecule has 142 valence electrons. The van der Waals surface area contributed by atoms with Crippen LogP contribution in [0.5, 0.6) is 0 Å². The lowest BCUT2D eigenvalue weighted by atomic mass is 10.0. The molecular formula is C19H33IN4O. The van der Waals surface area contributed by atoms with Gasteiger partial charge in [-0.15, -0.1) is 24.0 Å². The third kappa shape index (κ3) is 6.75. The SMILES string of the molecule is Cc1cc(C)cc(NC(N)=NCC(C)(C)N2CC(C)OC(C)C2)c1.I. The molecule has 1 saturated heterocycles. The van der Waals surface area contributed by atoms with Crippen molar-refractivity contribution in [1.82, 2.24) is 4.90 Å². The first kappa shape index (κ1) is 22.2. The number of guanidine groups is 1. The van der Waals surface area contributed by atoms with Crippen LogP contribution in [0, 0.1) is 13.8 Å². The number of rotatable bonds is 4. The molecule has 2 atom stereocenters. The topological polar surface area (TPSA) is 62.9 Å². The highest BCUT2D eigenvalue weighted by atomic mass is 127. The lowest BCUT2D eigenvalue weighted by Crippen LogP contribution is -2.56. The highest BCUT2D eigenvalue weighted by molar-refractivity contribution is 14.0. The maximum atomic E-state index is 6.09. The van der Waals surface area contributed by atoms with Crippen LogP contribution >= 0.6 is 24.0 Å². The van der Waals surface area contributed by atoms with Gasteiger partial charge in [-0.2, -0.15) is 0 Å². The van der Waals surface area contributed by atoms with Crippen LogP contribution in [0.15, 0.2) is 23.2 Å². The fourth-order valence-corrected chi connectivity index (χ4v) is 3.29. The molecule has 1 heterocycles. The zero-order valence-electron chi connectivity index (χ0n) is 16.3. The Morgan fingerprint density at radius 2 is 1.72 bits per heavy atom. The number of hydrogen-bond donors (Lipinski definition) is 2.